The molecule has 6 nitrogen and oxygen atoms in total. The number of aliphatic imine (C=N–C) groups is 1. The van der Waals surface area contributed by atoms with Crippen molar-refractivity contribution in [2.45, 2.75) is 30.6 Å². The quantitative estimate of drug-likeness (QED) is 0.298. The number of nitrogens with zero attached hydrogens (tertiary/aromatic N) is 4. The molecule has 0 spiro atoms. The van der Waals surface area contributed by atoms with Gasteiger partial charge in [0.15, 0.2) is 5.96 Å². The van der Waals surface area contributed by atoms with Crippen LogP contribution in [0, 0.1) is 0 Å². The Labute approximate surface area is 145 Å². The Bertz CT molecular complexity index is 538. The van der Waals surface area contributed by atoms with E-state index >= 15 is 0 Å². The number of hydrogen-bond acceptors (Lipinski definition) is 5. The molecule has 0 radical (unpaired) electrons. The van der Waals surface area contributed by atoms with E-state index in [0.29, 0.717) is 0 Å². The van der Waals surface area contributed by atoms with Crippen LogP contribution in [-0.2, 0) is 6.54 Å². The van der Waals surface area contributed by atoms with Gasteiger partial charge in [-0.15, -0.1) is 11.3 Å². The molecule has 0 aliphatic carbocycles. The molecule has 0 fully saturated rings. The molecule has 0 aromatic carbocycles. The maximum Gasteiger partial charge on any atom is 0.191 e. The fourth-order valence-electron chi connectivity index (χ4n) is 1.92. The molecule has 2 aromatic rings. The number of rotatable bonds is 10. The van der Waals surface area contributed by atoms with Gasteiger partial charge in [-0.25, -0.2) is 4.98 Å². The van der Waals surface area contributed by atoms with Crippen LogP contribution in [0.5, 0.6) is 0 Å². The van der Waals surface area contributed by atoms with Crippen LogP contribution in [0.2, 0.25) is 0 Å². The van der Waals surface area contributed by atoms with E-state index in [1.165, 1.54) is 0 Å². The lowest BCUT2D eigenvalue weighted by molar-refractivity contribution is 0.570. The highest BCUT2D eigenvalue weighted by Gasteiger charge is 1.98. The summed E-state index contributed by atoms with van der Waals surface area (Å²) in [5.74, 6) is 1.95. The highest BCUT2D eigenvalue weighted by Crippen LogP contribution is 2.20. The van der Waals surface area contributed by atoms with E-state index in [1.807, 2.05) is 34.7 Å². The Morgan fingerprint density at radius 2 is 2.30 bits per heavy atom. The number of thioether (sulfide) groups is 1. The molecule has 0 bridgehead atoms. The monoisotopic (exact) mass is 352 g/mol. The highest BCUT2D eigenvalue weighted by atomic mass is 32.2. The molecule has 0 aliphatic heterocycles. The van der Waals surface area contributed by atoms with Crippen LogP contribution in [0.1, 0.15) is 19.8 Å². The zero-order chi connectivity index (χ0) is 16.2. The molecule has 0 saturated carbocycles. The van der Waals surface area contributed by atoms with Crippen LogP contribution >= 0.6 is 23.1 Å². The second-order valence-corrected chi connectivity index (χ2v) is 7.05. The van der Waals surface area contributed by atoms with Crippen LogP contribution in [0.25, 0.3) is 0 Å². The number of guanidine groups is 1. The number of hydrogen-bond donors (Lipinski definition) is 2. The molecular weight excluding hydrogens is 328 g/mol. The Hall–Kier alpha value is -1.54. The van der Waals surface area contributed by atoms with Crippen molar-refractivity contribution < 1.29 is 0 Å². The van der Waals surface area contributed by atoms with Gasteiger partial charge in [0.25, 0.3) is 0 Å². The lowest BCUT2D eigenvalue weighted by Gasteiger charge is -2.11. The topological polar surface area (TPSA) is 67.1 Å². The van der Waals surface area contributed by atoms with E-state index in [0.717, 1.165) is 55.1 Å². The van der Waals surface area contributed by atoms with Gasteiger partial charge in [-0.1, -0.05) is 11.8 Å². The van der Waals surface area contributed by atoms with Gasteiger partial charge in [-0.2, -0.15) is 5.10 Å². The normalized spacial score (nSPS) is 11.6. The number of thiazole rings is 1. The van der Waals surface area contributed by atoms with Crippen LogP contribution < -0.4 is 10.6 Å². The second kappa shape index (κ2) is 11.1. The summed E-state index contributed by atoms with van der Waals surface area (Å²) in [5, 5.41) is 12.9. The number of aryl methyl sites for hydroxylation is 1. The predicted molar refractivity (Wildman–Crippen MR) is 98.3 cm³/mol. The fraction of sp³-hybridized carbons (Fsp3) is 0.533. The van der Waals surface area contributed by atoms with Gasteiger partial charge >= 0.3 is 0 Å². The Kier molecular flexibility index (Phi) is 8.57. The van der Waals surface area contributed by atoms with E-state index in [9.17, 15) is 0 Å². The van der Waals surface area contributed by atoms with Gasteiger partial charge < -0.3 is 10.6 Å². The van der Waals surface area contributed by atoms with Crippen LogP contribution in [0.15, 0.2) is 39.4 Å². The van der Waals surface area contributed by atoms with Crippen molar-refractivity contribution >= 4 is 29.1 Å². The summed E-state index contributed by atoms with van der Waals surface area (Å²) < 4.78 is 3.08. The molecule has 23 heavy (non-hydrogen) atoms. The summed E-state index contributed by atoms with van der Waals surface area (Å²) in [6.45, 7) is 5.59. The average Bonchev–Trinajstić information content (AvgIpc) is 3.24. The first kappa shape index (κ1) is 17.8. The highest BCUT2D eigenvalue weighted by molar-refractivity contribution is 8.00. The van der Waals surface area contributed by atoms with E-state index < -0.39 is 0 Å². The molecule has 126 valence electrons. The minimum Gasteiger partial charge on any atom is -0.357 e. The van der Waals surface area contributed by atoms with Crippen molar-refractivity contribution in [3.8, 4) is 0 Å². The van der Waals surface area contributed by atoms with E-state index in [4.69, 9.17) is 0 Å². The predicted octanol–water partition coefficient (Wildman–Crippen LogP) is 2.47. The molecule has 2 aromatic heterocycles. The van der Waals surface area contributed by atoms with Crippen LogP contribution in [0.3, 0.4) is 0 Å². The van der Waals surface area contributed by atoms with Gasteiger partial charge in [0.2, 0.25) is 0 Å². The Balaban J connectivity index is 1.59. The van der Waals surface area contributed by atoms with Crippen LogP contribution in [-0.4, -0.2) is 46.1 Å². The first-order chi connectivity index (χ1) is 11.4. The van der Waals surface area contributed by atoms with Crippen LogP contribution in [0.4, 0.5) is 0 Å². The lowest BCUT2D eigenvalue weighted by Crippen LogP contribution is -2.38. The summed E-state index contributed by atoms with van der Waals surface area (Å²) >= 11 is 3.49. The molecule has 0 atom stereocenters. The average molecular weight is 353 g/mol. The zero-order valence-corrected chi connectivity index (χ0v) is 15.1. The lowest BCUT2D eigenvalue weighted by atomic mass is 10.4. The van der Waals surface area contributed by atoms with Gasteiger partial charge in [0, 0.05) is 55.9 Å². The summed E-state index contributed by atoms with van der Waals surface area (Å²) in [5.41, 5.74) is 0. The third-order valence-electron chi connectivity index (χ3n) is 2.97. The molecule has 0 amide bonds. The number of nitrogens with one attached hydrogen (secondary N) is 2. The molecule has 0 saturated heterocycles. The molecule has 2 rings (SSSR count). The minimum absolute atomic E-state index is 0.826. The third kappa shape index (κ3) is 7.51. The van der Waals surface area contributed by atoms with Crippen molar-refractivity contribution in [3.63, 3.8) is 0 Å². The summed E-state index contributed by atoms with van der Waals surface area (Å²) in [7, 11) is 0. The Morgan fingerprint density at radius 3 is 3.04 bits per heavy atom. The van der Waals surface area contributed by atoms with E-state index in [2.05, 4.69) is 32.6 Å². The van der Waals surface area contributed by atoms with Gasteiger partial charge in [-0.3, -0.25) is 9.67 Å². The first-order valence-electron chi connectivity index (χ1n) is 7.90. The summed E-state index contributed by atoms with van der Waals surface area (Å²) in [6, 6.07) is 1.95. The maximum absolute atomic E-state index is 4.61. The fourth-order valence-corrected chi connectivity index (χ4v) is 3.55. The van der Waals surface area contributed by atoms with Crippen molar-refractivity contribution in [2.24, 2.45) is 4.99 Å². The molecule has 0 aliphatic rings. The van der Waals surface area contributed by atoms with Crippen molar-refractivity contribution in [1.29, 1.82) is 0 Å². The second-order valence-electron chi connectivity index (χ2n) is 4.81. The van der Waals surface area contributed by atoms with Crippen molar-refractivity contribution in [1.82, 2.24) is 25.4 Å². The molecule has 2 heterocycles. The summed E-state index contributed by atoms with van der Waals surface area (Å²) in [6.07, 6.45) is 7.71. The summed E-state index contributed by atoms with van der Waals surface area (Å²) in [4.78, 5) is 8.87. The smallest absolute Gasteiger partial charge is 0.191 e. The molecule has 0 unspecified atom stereocenters. The zero-order valence-electron chi connectivity index (χ0n) is 13.4. The maximum atomic E-state index is 4.61. The molecule has 2 N–H and O–H groups in total. The Morgan fingerprint density at radius 1 is 1.35 bits per heavy atom. The minimum atomic E-state index is 0.826. The molecule has 8 heteroatoms. The van der Waals surface area contributed by atoms with E-state index in [1.54, 1.807) is 23.1 Å². The van der Waals surface area contributed by atoms with Gasteiger partial charge in [0.1, 0.15) is 4.34 Å². The third-order valence-corrected chi connectivity index (χ3v) is 5.02. The standard InChI is InChI=1S/C15H24N6S2/c1-2-16-14(17-6-3-10-21-11-4-8-20-21)18-7-5-12-22-15-19-9-13-23-15/h4,8-9,11,13H,2-3,5-7,10,12H2,1H3,(H2,16,17,18). The number of aromatic nitrogens is 3. The largest absolute Gasteiger partial charge is 0.357 e. The first-order valence-corrected chi connectivity index (χ1v) is 9.77. The van der Waals surface area contributed by atoms with Gasteiger partial charge in [0.05, 0.1) is 0 Å². The molecular formula is C15H24N6S2. The SMILES string of the molecule is CCNC(=NCCCSc1nccs1)NCCCn1cccn1. The van der Waals surface area contributed by atoms with Crippen molar-refractivity contribution in [2.75, 3.05) is 25.4 Å². The van der Waals surface area contributed by atoms with Crippen molar-refractivity contribution in [3.05, 3.63) is 30.0 Å². The van der Waals surface area contributed by atoms with Gasteiger partial charge in [-0.05, 0) is 25.8 Å². The van der Waals surface area contributed by atoms with E-state index in [-0.39, 0.29) is 0 Å².